The number of amides is 1. The Bertz CT molecular complexity index is 1270. The normalized spacial score (nSPS) is 12.0. The molecule has 0 spiro atoms. The lowest BCUT2D eigenvalue weighted by Gasteiger charge is -2.12. The first-order chi connectivity index (χ1) is 13.7. The first-order valence-corrected chi connectivity index (χ1v) is 8.52. The molecule has 0 radical (unpaired) electrons. The Morgan fingerprint density at radius 1 is 0.966 bits per heavy atom. The maximum Gasteiger partial charge on any atom is 0.416 e. The second kappa shape index (κ2) is 6.58. The van der Waals surface area contributed by atoms with Crippen LogP contribution in [0.15, 0.2) is 54.6 Å². The zero-order chi connectivity index (χ0) is 20.9. The zero-order valence-electron chi connectivity index (χ0n) is 14.7. The molecule has 0 fully saturated rings. The van der Waals surface area contributed by atoms with Crippen LogP contribution in [0.1, 0.15) is 21.5 Å². The average molecular weight is 404 g/mol. The predicted molar refractivity (Wildman–Crippen MR) is 98.4 cm³/mol. The van der Waals surface area contributed by atoms with Crippen LogP contribution in [0.2, 0.25) is 0 Å². The van der Waals surface area contributed by atoms with Crippen LogP contribution < -0.4 is 5.73 Å². The quantitative estimate of drug-likeness (QED) is 0.467. The lowest BCUT2D eigenvalue weighted by molar-refractivity contribution is -0.137. The molecule has 0 bridgehead atoms. The monoisotopic (exact) mass is 404 g/mol. The molecular weight excluding hydrogens is 391 g/mol. The molecule has 0 unspecified atom stereocenters. The number of carbonyl (C=O) groups excluding carboxylic acids is 1. The molecule has 0 saturated carbocycles. The van der Waals surface area contributed by atoms with Crippen LogP contribution in [-0.4, -0.2) is 10.5 Å². The minimum atomic E-state index is -4.62. The molecule has 2 N–H and O–H groups in total. The Hall–Kier alpha value is -3.42. The van der Waals surface area contributed by atoms with Crippen molar-refractivity contribution in [1.82, 2.24) is 4.57 Å². The lowest BCUT2D eigenvalue weighted by atomic mass is 10.1. The number of halogens is 5. The molecule has 29 heavy (non-hydrogen) atoms. The van der Waals surface area contributed by atoms with Gasteiger partial charge in [-0.25, -0.2) is 8.78 Å². The van der Waals surface area contributed by atoms with Crippen molar-refractivity contribution in [2.75, 3.05) is 0 Å². The van der Waals surface area contributed by atoms with Crippen molar-refractivity contribution >= 4 is 27.7 Å². The lowest BCUT2D eigenvalue weighted by Crippen LogP contribution is -2.11. The third-order valence-electron chi connectivity index (χ3n) is 4.82. The number of nitrogens with two attached hydrogens (primary N) is 1. The second-order valence-electron chi connectivity index (χ2n) is 6.62. The zero-order valence-corrected chi connectivity index (χ0v) is 14.7. The van der Waals surface area contributed by atoms with E-state index >= 15 is 0 Å². The molecular formula is C21H13F5N2O. The van der Waals surface area contributed by atoms with Crippen LogP contribution >= 0.6 is 0 Å². The highest BCUT2D eigenvalue weighted by atomic mass is 19.4. The highest BCUT2D eigenvalue weighted by Gasteiger charge is 2.31. The number of aromatic nitrogens is 1. The first kappa shape index (κ1) is 18.9. The summed E-state index contributed by atoms with van der Waals surface area (Å²) in [5.74, 6) is -2.09. The average Bonchev–Trinajstić information content (AvgIpc) is 2.95. The van der Waals surface area contributed by atoms with Gasteiger partial charge in [-0.2, -0.15) is 13.2 Å². The van der Waals surface area contributed by atoms with Crippen LogP contribution in [0.4, 0.5) is 22.0 Å². The van der Waals surface area contributed by atoms with Crippen molar-refractivity contribution in [1.29, 1.82) is 0 Å². The summed E-state index contributed by atoms with van der Waals surface area (Å²) in [5.41, 5.74) is 5.28. The van der Waals surface area contributed by atoms with Crippen molar-refractivity contribution in [3.8, 4) is 0 Å². The summed E-state index contributed by atoms with van der Waals surface area (Å²) in [6, 6.07) is 10.7. The van der Waals surface area contributed by atoms with E-state index in [-0.39, 0.29) is 17.7 Å². The molecule has 1 aromatic heterocycles. The van der Waals surface area contributed by atoms with Gasteiger partial charge in [-0.15, -0.1) is 0 Å². The molecule has 8 heteroatoms. The van der Waals surface area contributed by atoms with Gasteiger partial charge in [0.25, 0.3) is 0 Å². The highest BCUT2D eigenvalue weighted by molar-refractivity contribution is 6.17. The van der Waals surface area contributed by atoms with Gasteiger partial charge in [-0.05, 0) is 48.5 Å². The Morgan fingerprint density at radius 2 is 1.72 bits per heavy atom. The Balaban J connectivity index is 2.00. The summed E-state index contributed by atoms with van der Waals surface area (Å²) in [7, 11) is 0. The standard InChI is InChI=1S/C21H13F5N2O/c22-13-5-7-17-15(9-13)19-14(20(27)29)2-1-3-18(19)28(17)10-11-8-12(21(24,25)26)4-6-16(11)23/h1-9H,10H2,(H2,27,29). The number of carbonyl (C=O) groups is 1. The van der Waals surface area contributed by atoms with E-state index in [1.807, 2.05) is 0 Å². The molecule has 1 amide bonds. The number of alkyl halides is 3. The Kier molecular flexibility index (Phi) is 4.29. The minimum absolute atomic E-state index is 0.140. The van der Waals surface area contributed by atoms with Gasteiger partial charge in [0.15, 0.2) is 0 Å². The molecule has 0 aliphatic heterocycles. The molecule has 1 heterocycles. The largest absolute Gasteiger partial charge is 0.416 e. The topological polar surface area (TPSA) is 48.0 Å². The van der Waals surface area contributed by atoms with Crippen LogP contribution in [0.3, 0.4) is 0 Å². The summed E-state index contributed by atoms with van der Waals surface area (Å²) in [6.45, 7) is -0.246. The number of primary amides is 1. The third-order valence-corrected chi connectivity index (χ3v) is 4.82. The first-order valence-electron chi connectivity index (χ1n) is 8.52. The van der Waals surface area contributed by atoms with E-state index in [4.69, 9.17) is 5.73 Å². The van der Waals surface area contributed by atoms with Crippen LogP contribution in [0.5, 0.6) is 0 Å². The van der Waals surface area contributed by atoms with Gasteiger partial charge < -0.3 is 10.3 Å². The SMILES string of the molecule is NC(=O)c1cccc2c1c1cc(F)ccc1n2Cc1cc(C(F)(F)F)ccc1F. The second-order valence-corrected chi connectivity index (χ2v) is 6.62. The van der Waals surface area contributed by atoms with E-state index in [0.717, 1.165) is 12.1 Å². The van der Waals surface area contributed by atoms with Gasteiger partial charge in [0.05, 0.1) is 17.6 Å². The molecule has 148 valence electrons. The van der Waals surface area contributed by atoms with Gasteiger partial charge in [0.1, 0.15) is 11.6 Å². The van der Waals surface area contributed by atoms with Crippen molar-refractivity contribution < 1.29 is 26.7 Å². The number of fused-ring (bicyclic) bond motifs is 3. The molecule has 0 aliphatic rings. The van der Waals surface area contributed by atoms with Crippen LogP contribution in [-0.2, 0) is 12.7 Å². The van der Waals surface area contributed by atoms with Crippen LogP contribution in [0.25, 0.3) is 21.8 Å². The molecule has 4 aromatic rings. The van der Waals surface area contributed by atoms with E-state index in [1.54, 1.807) is 12.1 Å². The summed E-state index contributed by atoms with van der Waals surface area (Å²) in [5, 5.41) is 0.726. The molecule has 4 rings (SSSR count). The van der Waals surface area contributed by atoms with E-state index in [9.17, 15) is 26.7 Å². The summed E-state index contributed by atoms with van der Waals surface area (Å²) < 4.78 is 68.9. The third kappa shape index (κ3) is 3.20. The number of nitrogens with zero attached hydrogens (tertiary/aromatic N) is 1. The van der Waals surface area contributed by atoms with Crippen LogP contribution in [0, 0.1) is 11.6 Å². The van der Waals surface area contributed by atoms with Gasteiger partial charge in [0, 0.05) is 27.4 Å². The van der Waals surface area contributed by atoms with Crippen molar-refractivity contribution in [2.45, 2.75) is 12.7 Å². The Morgan fingerprint density at radius 3 is 2.41 bits per heavy atom. The molecule has 0 saturated heterocycles. The molecule has 0 atom stereocenters. The van der Waals surface area contributed by atoms with Gasteiger partial charge in [-0.1, -0.05) is 6.07 Å². The van der Waals surface area contributed by atoms with E-state index in [1.165, 1.54) is 28.8 Å². The van der Waals surface area contributed by atoms with Crippen molar-refractivity contribution in [3.05, 3.63) is 82.9 Å². The molecule has 3 nitrogen and oxygen atoms in total. The fourth-order valence-electron chi connectivity index (χ4n) is 3.54. The maximum atomic E-state index is 14.3. The van der Waals surface area contributed by atoms with E-state index in [2.05, 4.69) is 0 Å². The summed E-state index contributed by atoms with van der Waals surface area (Å²) in [4.78, 5) is 11.9. The van der Waals surface area contributed by atoms with Gasteiger partial charge in [-0.3, -0.25) is 4.79 Å². The van der Waals surface area contributed by atoms with E-state index in [0.29, 0.717) is 27.9 Å². The van der Waals surface area contributed by atoms with Crippen molar-refractivity contribution in [3.63, 3.8) is 0 Å². The van der Waals surface area contributed by atoms with Gasteiger partial charge >= 0.3 is 6.18 Å². The number of hydrogen-bond donors (Lipinski definition) is 1. The Labute approximate surface area is 161 Å². The number of hydrogen-bond acceptors (Lipinski definition) is 1. The summed E-state index contributed by atoms with van der Waals surface area (Å²) in [6.07, 6.45) is -4.62. The minimum Gasteiger partial charge on any atom is -0.366 e. The number of benzene rings is 3. The maximum absolute atomic E-state index is 14.3. The molecule has 3 aromatic carbocycles. The fourth-order valence-corrected chi connectivity index (χ4v) is 3.54. The smallest absolute Gasteiger partial charge is 0.366 e. The van der Waals surface area contributed by atoms with E-state index < -0.39 is 29.3 Å². The fraction of sp³-hybridized carbons (Fsp3) is 0.0952. The van der Waals surface area contributed by atoms with Gasteiger partial charge in [0.2, 0.25) is 5.91 Å². The highest BCUT2D eigenvalue weighted by Crippen LogP contribution is 2.34. The van der Waals surface area contributed by atoms with Crippen molar-refractivity contribution in [2.24, 2.45) is 5.73 Å². The number of rotatable bonds is 3. The summed E-state index contributed by atoms with van der Waals surface area (Å²) >= 11 is 0. The predicted octanol–water partition coefficient (Wildman–Crippen LogP) is 5.24. The molecule has 0 aliphatic carbocycles.